The summed E-state index contributed by atoms with van der Waals surface area (Å²) in [5, 5.41) is 5.66. The molecule has 21 heavy (non-hydrogen) atoms. The Hall–Kier alpha value is -1.85. The van der Waals surface area contributed by atoms with Crippen molar-refractivity contribution in [1.82, 2.24) is 9.38 Å². The standard InChI is InChI=1S/C16H19N3OS/c1-11-10-21-16-18-12(2)15(19(11)16)8-17-14-7-5-4-6-13(14)9-20-3/h4-7,10,17H,8-9H2,1-3H3. The maximum atomic E-state index is 5.25. The Morgan fingerprint density at radius 1 is 1.29 bits per heavy atom. The highest BCUT2D eigenvalue weighted by Gasteiger charge is 2.12. The average molecular weight is 301 g/mol. The number of fused-ring (bicyclic) bond motifs is 1. The van der Waals surface area contributed by atoms with Crippen LogP contribution in [0, 0.1) is 13.8 Å². The van der Waals surface area contributed by atoms with Crippen LogP contribution in [0.25, 0.3) is 4.96 Å². The van der Waals surface area contributed by atoms with Crippen LogP contribution in [0.2, 0.25) is 0 Å². The van der Waals surface area contributed by atoms with Crippen LogP contribution in [-0.2, 0) is 17.9 Å². The highest BCUT2D eigenvalue weighted by atomic mass is 32.1. The molecule has 0 atom stereocenters. The number of methoxy groups -OCH3 is 1. The van der Waals surface area contributed by atoms with E-state index in [1.54, 1.807) is 18.4 Å². The third-order valence-electron chi connectivity index (χ3n) is 3.59. The van der Waals surface area contributed by atoms with Gasteiger partial charge in [0.25, 0.3) is 0 Å². The Morgan fingerprint density at radius 3 is 2.90 bits per heavy atom. The third kappa shape index (κ3) is 2.66. The Balaban J connectivity index is 1.87. The molecule has 0 spiro atoms. The largest absolute Gasteiger partial charge is 0.380 e. The molecule has 3 aromatic rings. The van der Waals surface area contributed by atoms with Crippen LogP contribution in [0.15, 0.2) is 29.6 Å². The zero-order valence-corrected chi connectivity index (χ0v) is 13.3. The van der Waals surface area contributed by atoms with E-state index >= 15 is 0 Å². The normalized spacial score (nSPS) is 11.2. The van der Waals surface area contributed by atoms with Crippen molar-refractivity contribution in [2.45, 2.75) is 27.0 Å². The fourth-order valence-corrected chi connectivity index (χ4v) is 3.46. The van der Waals surface area contributed by atoms with E-state index in [2.05, 4.69) is 46.1 Å². The summed E-state index contributed by atoms with van der Waals surface area (Å²) in [6.07, 6.45) is 0. The Labute approximate surface area is 128 Å². The molecule has 4 nitrogen and oxygen atoms in total. The number of para-hydroxylation sites is 1. The van der Waals surface area contributed by atoms with Gasteiger partial charge in [-0.1, -0.05) is 18.2 Å². The Kier molecular flexibility index (Phi) is 3.94. The van der Waals surface area contributed by atoms with Crippen LogP contribution in [0.5, 0.6) is 0 Å². The van der Waals surface area contributed by atoms with Gasteiger partial charge in [-0.05, 0) is 19.9 Å². The number of rotatable bonds is 5. The summed E-state index contributed by atoms with van der Waals surface area (Å²) in [6.45, 7) is 5.55. The van der Waals surface area contributed by atoms with E-state index < -0.39 is 0 Å². The number of thiazole rings is 1. The van der Waals surface area contributed by atoms with Crippen LogP contribution in [-0.4, -0.2) is 16.5 Å². The van der Waals surface area contributed by atoms with Crippen LogP contribution >= 0.6 is 11.3 Å². The van der Waals surface area contributed by atoms with Gasteiger partial charge in [0.2, 0.25) is 0 Å². The number of ether oxygens (including phenoxy) is 1. The Morgan fingerprint density at radius 2 is 2.10 bits per heavy atom. The molecule has 2 aromatic heterocycles. The number of aromatic nitrogens is 2. The van der Waals surface area contributed by atoms with Gasteiger partial charge in [-0.2, -0.15) is 0 Å². The summed E-state index contributed by atoms with van der Waals surface area (Å²) >= 11 is 1.69. The number of hydrogen-bond donors (Lipinski definition) is 1. The topological polar surface area (TPSA) is 38.6 Å². The molecule has 0 amide bonds. The molecule has 0 saturated heterocycles. The van der Waals surface area contributed by atoms with Crippen LogP contribution in [0.4, 0.5) is 5.69 Å². The Bertz CT molecular complexity index is 760. The van der Waals surface area contributed by atoms with Gasteiger partial charge < -0.3 is 10.1 Å². The molecule has 0 fully saturated rings. The molecular formula is C16H19N3OS. The minimum Gasteiger partial charge on any atom is -0.380 e. The highest BCUT2D eigenvalue weighted by molar-refractivity contribution is 7.15. The number of hydrogen-bond acceptors (Lipinski definition) is 4. The number of anilines is 1. The van der Waals surface area contributed by atoms with Gasteiger partial charge in [0, 0.05) is 29.4 Å². The number of nitrogens with zero attached hydrogens (tertiary/aromatic N) is 2. The quantitative estimate of drug-likeness (QED) is 0.779. The molecule has 0 radical (unpaired) electrons. The van der Waals surface area contributed by atoms with E-state index in [-0.39, 0.29) is 0 Å². The van der Waals surface area contributed by atoms with E-state index in [0.29, 0.717) is 6.61 Å². The molecular weight excluding hydrogens is 282 g/mol. The summed E-state index contributed by atoms with van der Waals surface area (Å²) in [5.74, 6) is 0. The second kappa shape index (κ2) is 5.87. The van der Waals surface area contributed by atoms with Crippen molar-refractivity contribution in [2.24, 2.45) is 0 Å². The predicted molar refractivity (Wildman–Crippen MR) is 87.0 cm³/mol. The summed E-state index contributed by atoms with van der Waals surface area (Å²) in [6, 6.07) is 8.24. The first-order valence-corrected chi connectivity index (χ1v) is 7.81. The van der Waals surface area contributed by atoms with Crippen LogP contribution in [0.3, 0.4) is 0 Å². The van der Waals surface area contributed by atoms with Gasteiger partial charge in [0.15, 0.2) is 4.96 Å². The van der Waals surface area contributed by atoms with E-state index in [1.165, 1.54) is 17.0 Å². The first kappa shape index (κ1) is 14.1. The van der Waals surface area contributed by atoms with Gasteiger partial charge in [-0.15, -0.1) is 11.3 Å². The molecule has 110 valence electrons. The van der Waals surface area contributed by atoms with E-state index in [4.69, 9.17) is 4.74 Å². The highest BCUT2D eigenvalue weighted by Crippen LogP contribution is 2.22. The van der Waals surface area contributed by atoms with Crippen LogP contribution < -0.4 is 5.32 Å². The summed E-state index contributed by atoms with van der Waals surface area (Å²) < 4.78 is 7.48. The molecule has 1 N–H and O–H groups in total. The van der Waals surface area contributed by atoms with Crippen molar-refractivity contribution in [2.75, 3.05) is 12.4 Å². The SMILES string of the molecule is COCc1ccccc1NCc1c(C)nc2scc(C)n12. The summed E-state index contributed by atoms with van der Waals surface area (Å²) in [7, 11) is 1.72. The number of aryl methyl sites for hydroxylation is 2. The van der Waals surface area contributed by atoms with Crippen molar-refractivity contribution in [3.05, 3.63) is 52.3 Å². The molecule has 0 unspecified atom stereocenters. The first-order valence-electron chi connectivity index (χ1n) is 6.93. The second-order valence-electron chi connectivity index (χ2n) is 5.08. The molecule has 0 aliphatic carbocycles. The van der Waals surface area contributed by atoms with Crippen molar-refractivity contribution in [1.29, 1.82) is 0 Å². The molecule has 3 rings (SSSR count). The maximum Gasteiger partial charge on any atom is 0.194 e. The zero-order valence-electron chi connectivity index (χ0n) is 12.5. The number of benzene rings is 1. The van der Waals surface area contributed by atoms with Gasteiger partial charge in [-0.25, -0.2) is 4.98 Å². The smallest absolute Gasteiger partial charge is 0.194 e. The van der Waals surface area contributed by atoms with Crippen molar-refractivity contribution in [3.8, 4) is 0 Å². The minimum absolute atomic E-state index is 0.613. The van der Waals surface area contributed by atoms with E-state index in [1.807, 2.05) is 12.1 Å². The van der Waals surface area contributed by atoms with Crippen molar-refractivity contribution in [3.63, 3.8) is 0 Å². The first-order chi connectivity index (χ1) is 10.2. The summed E-state index contributed by atoms with van der Waals surface area (Å²) in [4.78, 5) is 5.68. The lowest BCUT2D eigenvalue weighted by molar-refractivity contribution is 0.185. The molecule has 0 aliphatic heterocycles. The zero-order chi connectivity index (χ0) is 14.8. The molecule has 1 aromatic carbocycles. The van der Waals surface area contributed by atoms with E-state index in [0.717, 1.165) is 22.9 Å². The molecule has 0 aliphatic rings. The van der Waals surface area contributed by atoms with E-state index in [9.17, 15) is 0 Å². The summed E-state index contributed by atoms with van der Waals surface area (Å²) in [5.41, 5.74) is 5.82. The monoisotopic (exact) mass is 301 g/mol. The fourth-order valence-electron chi connectivity index (χ4n) is 2.53. The third-order valence-corrected chi connectivity index (χ3v) is 4.54. The van der Waals surface area contributed by atoms with Gasteiger partial charge in [0.1, 0.15) is 0 Å². The lowest BCUT2D eigenvalue weighted by Gasteiger charge is -2.12. The molecule has 5 heteroatoms. The lowest BCUT2D eigenvalue weighted by Crippen LogP contribution is -2.06. The molecule has 0 saturated carbocycles. The predicted octanol–water partition coefficient (Wildman–Crippen LogP) is 3.77. The fraction of sp³-hybridized carbons (Fsp3) is 0.312. The van der Waals surface area contributed by atoms with Gasteiger partial charge >= 0.3 is 0 Å². The lowest BCUT2D eigenvalue weighted by atomic mass is 10.2. The van der Waals surface area contributed by atoms with Crippen molar-refractivity contribution < 1.29 is 4.74 Å². The van der Waals surface area contributed by atoms with Crippen molar-refractivity contribution >= 4 is 22.0 Å². The van der Waals surface area contributed by atoms with Crippen LogP contribution in [0.1, 0.15) is 22.6 Å². The van der Waals surface area contributed by atoms with Gasteiger partial charge in [-0.3, -0.25) is 4.40 Å². The maximum absolute atomic E-state index is 5.25. The molecule has 2 heterocycles. The number of nitrogens with one attached hydrogen (secondary N) is 1. The minimum atomic E-state index is 0.613. The average Bonchev–Trinajstić information content (AvgIpc) is 2.98. The van der Waals surface area contributed by atoms with Gasteiger partial charge in [0.05, 0.1) is 24.5 Å². The number of imidazole rings is 1. The molecule has 0 bridgehead atoms. The second-order valence-corrected chi connectivity index (χ2v) is 5.92.